The molecule has 1 aliphatic rings. The molecule has 4 heteroatoms. The molecule has 0 aromatic rings. The maximum atomic E-state index is 11.1. The highest BCUT2D eigenvalue weighted by molar-refractivity contribution is 5.90. The van der Waals surface area contributed by atoms with E-state index in [2.05, 4.69) is 0 Å². The standard InChI is InChI=1S/C7H11NO3/c8-5-2-1-4(7(5)11)3-6(9)10/h4-5H,1-3,8H2,(H,9,10). The minimum Gasteiger partial charge on any atom is -0.481 e. The van der Waals surface area contributed by atoms with E-state index >= 15 is 0 Å². The number of rotatable bonds is 2. The molecule has 4 nitrogen and oxygen atoms in total. The lowest BCUT2D eigenvalue weighted by Crippen LogP contribution is -2.28. The second-order valence-corrected chi connectivity index (χ2v) is 2.88. The molecule has 0 aromatic heterocycles. The average molecular weight is 157 g/mol. The van der Waals surface area contributed by atoms with Crippen molar-refractivity contribution in [3.05, 3.63) is 0 Å². The van der Waals surface area contributed by atoms with Crippen LogP contribution in [0.5, 0.6) is 0 Å². The fraction of sp³-hybridized carbons (Fsp3) is 0.714. The molecule has 3 N–H and O–H groups in total. The topological polar surface area (TPSA) is 80.4 Å². The lowest BCUT2D eigenvalue weighted by Gasteiger charge is -2.02. The number of carboxylic acids is 1. The Morgan fingerprint density at radius 2 is 2.27 bits per heavy atom. The number of carboxylic acid groups (broad SMARTS) is 1. The third kappa shape index (κ3) is 1.77. The van der Waals surface area contributed by atoms with Crippen molar-refractivity contribution in [2.24, 2.45) is 11.7 Å². The highest BCUT2D eigenvalue weighted by Gasteiger charge is 2.32. The van der Waals surface area contributed by atoms with Gasteiger partial charge in [-0.2, -0.15) is 0 Å². The minimum atomic E-state index is -0.919. The number of carbonyl (C=O) groups excluding carboxylic acids is 1. The van der Waals surface area contributed by atoms with Crippen LogP contribution < -0.4 is 5.73 Å². The average Bonchev–Trinajstić information content (AvgIpc) is 2.18. The number of ketones is 1. The van der Waals surface area contributed by atoms with Crippen LogP contribution >= 0.6 is 0 Å². The minimum absolute atomic E-state index is 0.0630. The first-order valence-electron chi connectivity index (χ1n) is 3.62. The van der Waals surface area contributed by atoms with Gasteiger partial charge >= 0.3 is 5.97 Å². The van der Waals surface area contributed by atoms with Crippen LogP contribution in [-0.2, 0) is 9.59 Å². The molecule has 0 spiro atoms. The fourth-order valence-electron chi connectivity index (χ4n) is 1.38. The molecule has 0 amide bonds. The molecule has 0 aromatic carbocycles. The third-order valence-electron chi connectivity index (χ3n) is 2.01. The molecular weight excluding hydrogens is 146 g/mol. The highest BCUT2D eigenvalue weighted by atomic mass is 16.4. The summed E-state index contributed by atoms with van der Waals surface area (Å²) in [6, 6.07) is -0.417. The molecule has 0 aliphatic heterocycles. The van der Waals surface area contributed by atoms with Crippen molar-refractivity contribution in [1.82, 2.24) is 0 Å². The number of hydrogen-bond donors (Lipinski definition) is 2. The Bertz CT molecular complexity index is 190. The van der Waals surface area contributed by atoms with Gasteiger partial charge in [0.1, 0.15) is 0 Å². The predicted octanol–water partition coefficient (Wildman–Crippen LogP) is -0.233. The maximum absolute atomic E-state index is 11.1. The fourth-order valence-corrected chi connectivity index (χ4v) is 1.38. The lowest BCUT2D eigenvalue weighted by molar-refractivity contribution is -0.140. The zero-order valence-electron chi connectivity index (χ0n) is 6.12. The summed E-state index contributed by atoms with van der Waals surface area (Å²) >= 11 is 0. The van der Waals surface area contributed by atoms with E-state index in [4.69, 9.17) is 10.8 Å². The monoisotopic (exact) mass is 157 g/mol. The number of nitrogens with two attached hydrogens (primary N) is 1. The summed E-state index contributed by atoms with van der Waals surface area (Å²) in [5.74, 6) is -1.34. The summed E-state index contributed by atoms with van der Waals surface area (Å²) in [5, 5.41) is 8.38. The van der Waals surface area contributed by atoms with Crippen molar-refractivity contribution in [3.8, 4) is 0 Å². The number of aliphatic carboxylic acids is 1. The van der Waals surface area contributed by atoms with Gasteiger partial charge in [0.25, 0.3) is 0 Å². The first-order valence-corrected chi connectivity index (χ1v) is 3.62. The van der Waals surface area contributed by atoms with E-state index in [-0.39, 0.29) is 18.1 Å². The second-order valence-electron chi connectivity index (χ2n) is 2.88. The van der Waals surface area contributed by atoms with Gasteiger partial charge in [-0.25, -0.2) is 0 Å². The van der Waals surface area contributed by atoms with Gasteiger partial charge in [0.15, 0.2) is 5.78 Å². The molecule has 0 saturated heterocycles. The zero-order chi connectivity index (χ0) is 8.43. The normalized spacial score (nSPS) is 30.8. The van der Waals surface area contributed by atoms with Crippen molar-refractivity contribution < 1.29 is 14.7 Å². The van der Waals surface area contributed by atoms with Crippen LogP contribution in [-0.4, -0.2) is 22.9 Å². The first-order chi connectivity index (χ1) is 5.11. The largest absolute Gasteiger partial charge is 0.481 e. The lowest BCUT2D eigenvalue weighted by atomic mass is 10.0. The Morgan fingerprint density at radius 1 is 1.64 bits per heavy atom. The van der Waals surface area contributed by atoms with Crippen molar-refractivity contribution in [2.45, 2.75) is 25.3 Å². The van der Waals surface area contributed by atoms with E-state index in [0.29, 0.717) is 12.8 Å². The van der Waals surface area contributed by atoms with Crippen molar-refractivity contribution in [3.63, 3.8) is 0 Å². The van der Waals surface area contributed by atoms with Gasteiger partial charge in [0.05, 0.1) is 12.5 Å². The number of hydrogen-bond acceptors (Lipinski definition) is 3. The molecule has 2 unspecified atom stereocenters. The molecule has 0 heterocycles. The number of carbonyl (C=O) groups is 2. The van der Waals surface area contributed by atoms with Gasteiger partial charge in [-0.15, -0.1) is 0 Å². The number of Topliss-reactive ketones (excluding diaryl/α,β-unsaturated/α-hetero) is 1. The van der Waals surface area contributed by atoms with Crippen LogP contribution in [0, 0.1) is 5.92 Å². The van der Waals surface area contributed by atoms with E-state index in [1.54, 1.807) is 0 Å². The van der Waals surface area contributed by atoms with Crippen LogP contribution in [0.3, 0.4) is 0 Å². The molecule has 1 aliphatic carbocycles. The van der Waals surface area contributed by atoms with Crippen LogP contribution in [0.2, 0.25) is 0 Å². The van der Waals surface area contributed by atoms with Crippen LogP contribution in [0.1, 0.15) is 19.3 Å². The van der Waals surface area contributed by atoms with Crippen LogP contribution in [0.25, 0.3) is 0 Å². The molecule has 2 atom stereocenters. The van der Waals surface area contributed by atoms with Crippen molar-refractivity contribution >= 4 is 11.8 Å². The quantitative estimate of drug-likeness (QED) is 0.580. The molecule has 1 saturated carbocycles. The van der Waals surface area contributed by atoms with Gasteiger partial charge < -0.3 is 10.8 Å². The summed E-state index contributed by atoms with van der Waals surface area (Å²) in [4.78, 5) is 21.3. The van der Waals surface area contributed by atoms with E-state index in [1.807, 2.05) is 0 Å². The smallest absolute Gasteiger partial charge is 0.304 e. The maximum Gasteiger partial charge on any atom is 0.304 e. The van der Waals surface area contributed by atoms with Gasteiger partial charge in [-0.05, 0) is 12.8 Å². The molecule has 0 bridgehead atoms. The van der Waals surface area contributed by atoms with E-state index in [9.17, 15) is 9.59 Å². The van der Waals surface area contributed by atoms with Crippen LogP contribution in [0.15, 0.2) is 0 Å². The summed E-state index contributed by atoms with van der Waals surface area (Å²) in [7, 11) is 0. The Hall–Kier alpha value is -0.900. The Labute approximate surface area is 64.4 Å². The molecule has 0 radical (unpaired) electrons. The summed E-state index contributed by atoms with van der Waals surface area (Å²) in [6.07, 6.45) is 1.20. The first kappa shape index (κ1) is 8.20. The van der Waals surface area contributed by atoms with E-state index in [0.717, 1.165) is 0 Å². The molecule has 1 fully saturated rings. The van der Waals surface area contributed by atoms with Crippen molar-refractivity contribution in [1.29, 1.82) is 0 Å². The summed E-state index contributed by atoms with van der Waals surface area (Å²) in [6.45, 7) is 0. The summed E-state index contributed by atoms with van der Waals surface area (Å²) in [5.41, 5.74) is 5.40. The van der Waals surface area contributed by atoms with Gasteiger partial charge in [-0.3, -0.25) is 9.59 Å². The van der Waals surface area contributed by atoms with Gasteiger partial charge in [0.2, 0.25) is 0 Å². The third-order valence-corrected chi connectivity index (χ3v) is 2.01. The van der Waals surface area contributed by atoms with E-state index in [1.165, 1.54) is 0 Å². The molecule has 11 heavy (non-hydrogen) atoms. The molecular formula is C7H11NO3. The molecule has 62 valence electrons. The SMILES string of the molecule is NC1CCC(CC(=O)O)C1=O. The van der Waals surface area contributed by atoms with E-state index < -0.39 is 12.0 Å². The zero-order valence-corrected chi connectivity index (χ0v) is 6.12. The Kier molecular flexibility index (Phi) is 2.24. The predicted molar refractivity (Wildman–Crippen MR) is 38.0 cm³/mol. The second kappa shape index (κ2) is 3.00. The van der Waals surface area contributed by atoms with Crippen molar-refractivity contribution in [2.75, 3.05) is 0 Å². The van der Waals surface area contributed by atoms with Gasteiger partial charge in [0, 0.05) is 5.92 Å². The van der Waals surface area contributed by atoms with Crippen LogP contribution in [0.4, 0.5) is 0 Å². The highest BCUT2D eigenvalue weighted by Crippen LogP contribution is 2.23. The van der Waals surface area contributed by atoms with Gasteiger partial charge in [-0.1, -0.05) is 0 Å². The summed E-state index contributed by atoms with van der Waals surface area (Å²) < 4.78 is 0. The Morgan fingerprint density at radius 3 is 2.64 bits per heavy atom. The Balaban J connectivity index is 2.49. The molecule has 1 rings (SSSR count).